The molecule has 1 N–H and O–H groups in total. The van der Waals surface area contributed by atoms with Crippen molar-refractivity contribution in [3.8, 4) is 5.75 Å². The molecule has 1 spiro atoms. The first kappa shape index (κ1) is 10.3. The second-order valence-corrected chi connectivity index (χ2v) is 3.99. The summed E-state index contributed by atoms with van der Waals surface area (Å²) in [5.41, 5.74) is 1.27. The highest BCUT2D eigenvalue weighted by Gasteiger charge is 2.41. The molecule has 0 amide bonds. The van der Waals surface area contributed by atoms with Crippen LogP contribution in [0.1, 0.15) is 33.1 Å². The summed E-state index contributed by atoms with van der Waals surface area (Å²) in [6.07, 6.45) is 3.71. The van der Waals surface area contributed by atoms with E-state index in [1.807, 2.05) is 32.0 Å². The van der Waals surface area contributed by atoms with E-state index in [-0.39, 0.29) is 5.60 Å². The molecule has 1 heterocycles. The van der Waals surface area contributed by atoms with Gasteiger partial charge in [-0.15, -0.1) is 0 Å². The monoisotopic (exact) mass is 205 g/mol. The van der Waals surface area contributed by atoms with Crippen LogP contribution >= 0.6 is 0 Å². The second-order valence-electron chi connectivity index (χ2n) is 3.99. The van der Waals surface area contributed by atoms with Crippen LogP contribution in [0, 0.1) is 0 Å². The summed E-state index contributed by atoms with van der Waals surface area (Å²) >= 11 is 0. The third-order valence-corrected chi connectivity index (χ3v) is 3.08. The average molecular weight is 205 g/mol. The largest absolute Gasteiger partial charge is 0.483 e. The van der Waals surface area contributed by atoms with Gasteiger partial charge in [-0.05, 0) is 31.4 Å². The fourth-order valence-electron chi connectivity index (χ4n) is 2.08. The van der Waals surface area contributed by atoms with Gasteiger partial charge in [-0.2, -0.15) is 0 Å². The van der Waals surface area contributed by atoms with Gasteiger partial charge in [-0.3, -0.25) is 0 Å². The van der Waals surface area contributed by atoms with Gasteiger partial charge in [0.25, 0.3) is 0 Å². The Bertz CT molecular complexity index is 331. The number of hydrogen-bond acceptors (Lipinski definition) is 2. The van der Waals surface area contributed by atoms with Crippen LogP contribution in [0.25, 0.3) is 0 Å². The van der Waals surface area contributed by atoms with E-state index in [2.05, 4.69) is 11.4 Å². The first-order chi connectivity index (χ1) is 7.38. The molecule has 15 heavy (non-hydrogen) atoms. The van der Waals surface area contributed by atoms with Gasteiger partial charge in [0.2, 0.25) is 0 Å². The van der Waals surface area contributed by atoms with E-state index in [9.17, 15) is 0 Å². The van der Waals surface area contributed by atoms with Crippen molar-refractivity contribution in [3.05, 3.63) is 24.3 Å². The molecule has 1 fully saturated rings. The van der Waals surface area contributed by atoms with Crippen LogP contribution in [0.2, 0.25) is 0 Å². The van der Waals surface area contributed by atoms with Crippen LogP contribution < -0.4 is 10.1 Å². The average Bonchev–Trinajstić information content (AvgIpc) is 2.29. The van der Waals surface area contributed by atoms with Gasteiger partial charge in [0.1, 0.15) is 11.4 Å². The van der Waals surface area contributed by atoms with Crippen molar-refractivity contribution in [1.29, 1.82) is 0 Å². The van der Waals surface area contributed by atoms with E-state index >= 15 is 0 Å². The van der Waals surface area contributed by atoms with E-state index < -0.39 is 0 Å². The molecule has 2 nitrogen and oxygen atoms in total. The van der Waals surface area contributed by atoms with Gasteiger partial charge >= 0.3 is 0 Å². The molecule has 0 radical (unpaired) electrons. The van der Waals surface area contributed by atoms with Crippen molar-refractivity contribution < 1.29 is 4.74 Å². The minimum absolute atomic E-state index is 0.133. The van der Waals surface area contributed by atoms with Crippen molar-refractivity contribution in [1.82, 2.24) is 0 Å². The minimum Gasteiger partial charge on any atom is -0.483 e. The lowest BCUT2D eigenvalue weighted by atomic mass is 9.79. The van der Waals surface area contributed by atoms with Crippen molar-refractivity contribution >= 4 is 5.69 Å². The predicted molar refractivity (Wildman–Crippen MR) is 63.5 cm³/mol. The molecular weight excluding hydrogens is 186 g/mol. The highest BCUT2D eigenvalue weighted by molar-refractivity contribution is 5.58. The zero-order valence-corrected chi connectivity index (χ0v) is 9.55. The van der Waals surface area contributed by atoms with Gasteiger partial charge < -0.3 is 10.1 Å². The molecule has 0 atom stereocenters. The quantitative estimate of drug-likeness (QED) is 0.700. The molecule has 2 aliphatic rings. The molecule has 1 aromatic carbocycles. The number of fused-ring (bicyclic) bond motifs is 1. The number of rotatable bonds is 0. The normalized spacial score (nSPS) is 19.9. The Morgan fingerprint density at radius 2 is 1.93 bits per heavy atom. The fourth-order valence-corrected chi connectivity index (χ4v) is 2.08. The smallest absolute Gasteiger partial charge is 0.143 e. The summed E-state index contributed by atoms with van der Waals surface area (Å²) in [6.45, 7) is 4.98. The summed E-state index contributed by atoms with van der Waals surface area (Å²) in [5.74, 6) is 1.02. The molecule has 2 heteroatoms. The molecule has 1 saturated carbocycles. The van der Waals surface area contributed by atoms with E-state index in [1.165, 1.54) is 19.3 Å². The molecule has 0 unspecified atom stereocenters. The maximum Gasteiger partial charge on any atom is 0.143 e. The van der Waals surface area contributed by atoms with Crippen LogP contribution in [0.15, 0.2) is 24.3 Å². The second kappa shape index (κ2) is 4.13. The van der Waals surface area contributed by atoms with Gasteiger partial charge in [-0.25, -0.2) is 0 Å². The Labute approximate surface area is 91.6 Å². The van der Waals surface area contributed by atoms with Gasteiger partial charge in [0.15, 0.2) is 0 Å². The molecule has 0 aromatic heterocycles. The zero-order chi connectivity index (χ0) is 10.7. The molecule has 0 bridgehead atoms. The van der Waals surface area contributed by atoms with Crippen molar-refractivity contribution in [2.75, 3.05) is 11.9 Å². The number of nitrogens with one attached hydrogen (secondary N) is 1. The van der Waals surface area contributed by atoms with Crippen LogP contribution in [0.3, 0.4) is 0 Å². The lowest BCUT2D eigenvalue weighted by Crippen LogP contribution is -2.51. The molecular formula is C13H19NO. The van der Waals surface area contributed by atoms with Crippen LogP contribution in [-0.2, 0) is 0 Å². The van der Waals surface area contributed by atoms with Crippen LogP contribution in [0.5, 0.6) is 5.75 Å². The molecule has 1 aliphatic heterocycles. The number of para-hydroxylation sites is 2. The van der Waals surface area contributed by atoms with E-state index in [4.69, 9.17) is 4.74 Å². The highest BCUT2D eigenvalue weighted by Crippen LogP contribution is 2.42. The van der Waals surface area contributed by atoms with Gasteiger partial charge in [-0.1, -0.05) is 26.0 Å². The van der Waals surface area contributed by atoms with Crippen molar-refractivity contribution in [3.63, 3.8) is 0 Å². The van der Waals surface area contributed by atoms with E-state index in [0.717, 1.165) is 18.0 Å². The maximum atomic E-state index is 5.99. The number of benzene rings is 1. The lowest BCUT2D eigenvalue weighted by Gasteiger charge is -2.45. The molecule has 3 rings (SSSR count). The topological polar surface area (TPSA) is 21.3 Å². The summed E-state index contributed by atoms with van der Waals surface area (Å²) < 4.78 is 5.99. The Morgan fingerprint density at radius 3 is 2.60 bits per heavy atom. The fraction of sp³-hybridized carbons (Fsp3) is 0.538. The van der Waals surface area contributed by atoms with Crippen molar-refractivity contribution in [2.24, 2.45) is 0 Å². The van der Waals surface area contributed by atoms with Crippen molar-refractivity contribution in [2.45, 2.75) is 38.7 Å². The van der Waals surface area contributed by atoms with E-state index in [0.29, 0.717) is 0 Å². The Kier molecular flexibility index (Phi) is 2.85. The minimum atomic E-state index is 0.133. The first-order valence-electron chi connectivity index (χ1n) is 5.90. The highest BCUT2D eigenvalue weighted by atomic mass is 16.5. The standard InChI is InChI=1S/C11H13NO.C2H6/c1-2-5-10-9(4-1)12-8-11(13-10)6-3-7-11;1-2/h1-2,4-5,12H,3,6-8H2;1-2H3. The zero-order valence-electron chi connectivity index (χ0n) is 9.55. The van der Waals surface area contributed by atoms with Gasteiger partial charge in [0.05, 0.1) is 12.2 Å². The van der Waals surface area contributed by atoms with E-state index in [1.54, 1.807) is 0 Å². The number of anilines is 1. The van der Waals surface area contributed by atoms with Gasteiger partial charge in [0, 0.05) is 0 Å². The number of ether oxygens (including phenoxy) is 1. The predicted octanol–water partition coefficient (Wildman–Crippen LogP) is 3.44. The Balaban J connectivity index is 0.000000404. The number of hydrogen-bond donors (Lipinski definition) is 1. The third-order valence-electron chi connectivity index (χ3n) is 3.08. The summed E-state index contributed by atoms with van der Waals surface area (Å²) in [4.78, 5) is 0. The van der Waals surface area contributed by atoms with Crippen LogP contribution in [0.4, 0.5) is 5.69 Å². The maximum absolute atomic E-state index is 5.99. The molecule has 82 valence electrons. The summed E-state index contributed by atoms with van der Waals surface area (Å²) in [6, 6.07) is 8.18. The third kappa shape index (κ3) is 1.81. The Morgan fingerprint density at radius 1 is 1.20 bits per heavy atom. The Hall–Kier alpha value is -1.18. The van der Waals surface area contributed by atoms with Crippen LogP contribution in [-0.4, -0.2) is 12.1 Å². The molecule has 1 aliphatic carbocycles. The molecule has 0 saturated heterocycles. The molecule has 1 aromatic rings. The summed E-state index contributed by atoms with van der Waals surface area (Å²) in [5, 5.41) is 3.43. The first-order valence-corrected chi connectivity index (χ1v) is 5.90. The SMILES string of the molecule is CC.c1ccc2c(c1)NCC1(CCC1)O2. The summed E-state index contributed by atoms with van der Waals surface area (Å²) in [7, 11) is 0. The lowest BCUT2D eigenvalue weighted by molar-refractivity contribution is 0.000206.